The number of rotatable bonds is 2. The van der Waals surface area contributed by atoms with Crippen LogP contribution in [0.4, 0.5) is 0 Å². The van der Waals surface area contributed by atoms with Gasteiger partial charge < -0.3 is 15.0 Å². The summed E-state index contributed by atoms with van der Waals surface area (Å²) in [6, 6.07) is 0. The minimum absolute atomic E-state index is 0. The molecule has 0 saturated carbocycles. The normalized spacial score (nSPS) is 17.1. The third-order valence-electron chi connectivity index (χ3n) is 1.43. The highest BCUT2D eigenvalue weighted by Crippen LogP contribution is 1.99. The Balaban J connectivity index is 0.000000980. The molecule has 14 heavy (non-hydrogen) atoms. The molecule has 0 unspecified atom stereocenters. The largest absolute Gasteiger partial charge is 0.389 e. The van der Waals surface area contributed by atoms with Gasteiger partial charge >= 0.3 is 0 Å². The molecule has 2 aliphatic heterocycles. The summed E-state index contributed by atoms with van der Waals surface area (Å²) in [6.07, 6.45) is 10.3. The van der Waals surface area contributed by atoms with Crippen molar-refractivity contribution < 1.29 is 9.68 Å². The Hall–Kier alpha value is -1.98. The zero-order chi connectivity index (χ0) is 8.93. The highest BCUT2D eigenvalue weighted by Gasteiger charge is 2.02. The minimum Gasteiger partial charge on any atom is -0.389 e. The summed E-state index contributed by atoms with van der Waals surface area (Å²) < 4.78 is 0. The van der Waals surface area contributed by atoms with Gasteiger partial charge in [0.2, 0.25) is 0 Å². The van der Waals surface area contributed by atoms with E-state index in [4.69, 9.17) is 9.68 Å². The number of allylic oxidation sites excluding steroid dienone is 4. The molecule has 0 spiro atoms. The van der Waals surface area contributed by atoms with Crippen molar-refractivity contribution >= 4 is 8.41 Å². The van der Waals surface area contributed by atoms with Gasteiger partial charge in [-0.3, -0.25) is 0 Å². The molecule has 2 aliphatic rings. The standard InChI is InChI=1S/C8H9N3O2.B/c1-3-7(10-12-5-1)9-8-4-2-6-13-11-8;/h1-6,9-11H;. The van der Waals surface area contributed by atoms with Gasteiger partial charge in [-0.25, -0.2) is 11.0 Å². The third kappa shape index (κ3) is 2.51. The molecule has 0 aromatic heterocycles. The molecule has 0 amide bonds. The van der Waals surface area contributed by atoms with Crippen LogP contribution in [0.1, 0.15) is 0 Å². The lowest BCUT2D eigenvalue weighted by Crippen LogP contribution is -2.32. The predicted molar refractivity (Wildman–Crippen MR) is 51.8 cm³/mol. The molecule has 71 valence electrons. The smallest absolute Gasteiger partial charge is 0.139 e. The maximum atomic E-state index is 4.85. The topological polar surface area (TPSA) is 54.5 Å². The average Bonchev–Trinajstić information content (AvgIpc) is 2.21. The summed E-state index contributed by atoms with van der Waals surface area (Å²) in [5, 5.41) is 3.01. The van der Waals surface area contributed by atoms with Crippen molar-refractivity contribution in [3.8, 4) is 0 Å². The lowest BCUT2D eigenvalue weighted by molar-refractivity contribution is 0.137. The van der Waals surface area contributed by atoms with Crippen LogP contribution in [-0.2, 0) is 9.68 Å². The fraction of sp³-hybridized carbons (Fsp3) is 0. The van der Waals surface area contributed by atoms with E-state index in [0.29, 0.717) is 0 Å². The molecule has 2 rings (SSSR count). The Labute approximate surface area is 83.6 Å². The number of hydrogen-bond donors (Lipinski definition) is 3. The van der Waals surface area contributed by atoms with Crippen LogP contribution in [-0.4, -0.2) is 8.41 Å². The first-order valence-corrected chi connectivity index (χ1v) is 3.79. The van der Waals surface area contributed by atoms with Gasteiger partial charge in [0.1, 0.15) is 24.2 Å². The van der Waals surface area contributed by atoms with Crippen LogP contribution in [0.25, 0.3) is 0 Å². The number of nitrogens with one attached hydrogen (secondary N) is 3. The number of hydroxylamine groups is 2. The molecular formula is C8H9BN3O2. The van der Waals surface area contributed by atoms with Crippen molar-refractivity contribution in [3.05, 3.63) is 48.5 Å². The molecule has 0 saturated heterocycles. The van der Waals surface area contributed by atoms with Gasteiger partial charge in [-0.15, -0.1) is 0 Å². The Morgan fingerprint density at radius 3 is 1.79 bits per heavy atom. The first kappa shape index (κ1) is 10.1. The van der Waals surface area contributed by atoms with E-state index in [9.17, 15) is 0 Å². The van der Waals surface area contributed by atoms with Gasteiger partial charge in [-0.2, -0.15) is 0 Å². The van der Waals surface area contributed by atoms with E-state index in [1.807, 2.05) is 12.2 Å². The van der Waals surface area contributed by atoms with Crippen molar-refractivity contribution in [1.82, 2.24) is 16.3 Å². The van der Waals surface area contributed by atoms with E-state index < -0.39 is 0 Å². The van der Waals surface area contributed by atoms with Gasteiger partial charge in [-0.1, -0.05) is 0 Å². The van der Waals surface area contributed by atoms with Crippen LogP contribution < -0.4 is 16.3 Å². The van der Waals surface area contributed by atoms with Crippen molar-refractivity contribution in [2.45, 2.75) is 0 Å². The molecule has 0 aromatic carbocycles. The lowest BCUT2D eigenvalue weighted by Gasteiger charge is -2.18. The summed E-state index contributed by atoms with van der Waals surface area (Å²) in [6.45, 7) is 0. The molecule has 5 nitrogen and oxygen atoms in total. The first-order valence-electron chi connectivity index (χ1n) is 3.79. The van der Waals surface area contributed by atoms with E-state index in [-0.39, 0.29) is 8.41 Å². The zero-order valence-corrected chi connectivity index (χ0v) is 7.36. The molecule has 3 N–H and O–H groups in total. The quantitative estimate of drug-likeness (QED) is 0.534. The monoisotopic (exact) mass is 190 g/mol. The van der Waals surface area contributed by atoms with Crippen LogP contribution in [0.15, 0.2) is 48.5 Å². The summed E-state index contributed by atoms with van der Waals surface area (Å²) >= 11 is 0. The molecule has 0 bridgehead atoms. The molecule has 6 heteroatoms. The van der Waals surface area contributed by atoms with Crippen LogP contribution in [0.3, 0.4) is 0 Å². The Morgan fingerprint density at radius 1 is 0.929 bits per heavy atom. The molecule has 0 aliphatic carbocycles. The highest BCUT2D eigenvalue weighted by atomic mass is 16.6. The maximum Gasteiger partial charge on any atom is 0.139 e. The Morgan fingerprint density at radius 2 is 1.43 bits per heavy atom. The maximum absolute atomic E-state index is 4.85. The summed E-state index contributed by atoms with van der Waals surface area (Å²) in [7, 11) is 0. The van der Waals surface area contributed by atoms with Crippen LogP contribution in [0.5, 0.6) is 0 Å². The fourth-order valence-corrected chi connectivity index (χ4v) is 0.892. The van der Waals surface area contributed by atoms with Gasteiger partial charge in [0.05, 0.1) is 0 Å². The molecule has 0 aromatic rings. The summed E-state index contributed by atoms with van der Waals surface area (Å²) in [4.78, 5) is 9.70. The van der Waals surface area contributed by atoms with Gasteiger partial charge in [-0.05, 0) is 24.3 Å². The Kier molecular flexibility index (Phi) is 3.54. The average molecular weight is 190 g/mol. The van der Waals surface area contributed by atoms with Crippen molar-refractivity contribution in [2.24, 2.45) is 0 Å². The molecular weight excluding hydrogens is 181 g/mol. The van der Waals surface area contributed by atoms with E-state index in [1.54, 1.807) is 24.7 Å². The molecule has 0 atom stereocenters. The second-order valence-corrected chi connectivity index (χ2v) is 2.38. The third-order valence-corrected chi connectivity index (χ3v) is 1.43. The molecule has 0 fully saturated rings. The second-order valence-electron chi connectivity index (χ2n) is 2.38. The predicted octanol–water partition coefficient (Wildman–Crippen LogP) is -0.0250. The van der Waals surface area contributed by atoms with E-state index in [0.717, 1.165) is 11.6 Å². The van der Waals surface area contributed by atoms with Gasteiger partial charge in [0.25, 0.3) is 0 Å². The van der Waals surface area contributed by atoms with Crippen LogP contribution in [0, 0.1) is 0 Å². The number of hydrogen-bond acceptors (Lipinski definition) is 5. The fourth-order valence-electron chi connectivity index (χ4n) is 0.892. The zero-order valence-electron chi connectivity index (χ0n) is 7.36. The lowest BCUT2D eigenvalue weighted by atomic mass is 10.4. The van der Waals surface area contributed by atoms with E-state index in [1.165, 1.54) is 0 Å². The second kappa shape index (κ2) is 4.91. The van der Waals surface area contributed by atoms with Gasteiger partial charge in [0, 0.05) is 8.41 Å². The highest BCUT2D eigenvalue weighted by molar-refractivity contribution is 5.75. The SMILES string of the molecule is C1=CONC(NC2=CC=CON2)=C1.[B]. The summed E-state index contributed by atoms with van der Waals surface area (Å²) in [5.41, 5.74) is 5.34. The molecule has 2 heterocycles. The van der Waals surface area contributed by atoms with Crippen molar-refractivity contribution in [2.75, 3.05) is 0 Å². The minimum atomic E-state index is 0. The van der Waals surface area contributed by atoms with E-state index in [2.05, 4.69) is 16.3 Å². The Bertz CT molecular complexity index is 280. The van der Waals surface area contributed by atoms with Crippen molar-refractivity contribution in [1.29, 1.82) is 0 Å². The van der Waals surface area contributed by atoms with E-state index >= 15 is 0 Å². The van der Waals surface area contributed by atoms with Crippen LogP contribution in [0.2, 0.25) is 0 Å². The van der Waals surface area contributed by atoms with Crippen LogP contribution >= 0.6 is 0 Å². The summed E-state index contributed by atoms with van der Waals surface area (Å²) in [5.74, 6) is 1.47. The van der Waals surface area contributed by atoms with Crippen molar-refractivity contribution in [3.63, 3.8) is 0 Å². The van der Waals surface area contributed by atoms with Gasteiger partial charge in [0.15, 0.2) is 0 Å². The first-order chi connectivity index (χ1) is 6.45. The molecule has 3 radical (unpaired) electrons.